The second-order valence-corrected chi connectivity index (χ2v) is 7.19. The van der Waals surface area contributed by atoms with Gasteiger partial charge in [-0.05, 0) is 57.8 Å². The van der Waals surface area contributed by atoms with Crippen LogP contribution in [-0.4, -0.2) is 17.7 Å². The summed E-state index contributed by atoms with van der Waals surface area (Å²) >= 11 is 0. The lowest BCUT2D eigenvalue weighted by Crippen LogP contribution is -2.57. The Morgan fingerprint density at radius 3 is 1.58 bits per heavy atom. The average Bonchev–Trinajstić information content (AvgIpc) is 2.65. The molecule has 1 unspecified atom stereocenters. The maximum atomic E-state index is 11.9. The van der Waals surface area contributed by atoms with Crippen molar-refractivity contribution in [1.82, 2.24) is 5.32 Å². The van der Waals surface area contributed by atoms with Gasteiger partial charge in [0.05, 0.1) is 0 Å². The Morgan fingerprint density at radius 2 is 1.15 bits per heavy atom. The highest BCUT2D eigenvalue weighted by Gasteiger charge is 2.43. The molecule has 1 aliphatic heterocycles. The topological polar surface area (TPSA) is 32.3 Å². The molecule has 0 aromatic heterocycles. The summed E-state index contributed by atoms with van der Waals surface area (Å²) in [5, 5.41) is 20.1. The molecule has 0 amide bonds. The van der Waals surface area contributed by atoms with Crippen molar-refractivity contribution in [2.75, 3.05) is 6.54 Å². The quantitative estimate of drug-likeness (QED) is 0.572. The highest BCUT2D eigenvalue weighted by atomic mass is 16.3. The van der Waals surface area contributed by atoms with Gasteiger partial charge in [-0.25, -0.2) is 0 Å². The maximum Gasteiger partial charge on any atom is 0.130 e. The predicted octanol–water partition coefficient (Wildman–Crippen LogP) is 4.59. The van der Waals surface area contributed by atoms with Crippen LogP contribution in [0.4, 0.5) is 0 Å². The second-order valence-electron chi connectivity index (χ2n) is 7.19. The molecule has 0 saturated carbocycles. The van der Waals surface area contributed by atoms with Gasteiger partial charge in [-0.1, -0.05) is 72.8 Å². The monoisotopic (exact) mass is 339 g/mol. The van der Waals surface area contributed by atoms with E-state index in [0.717, 1.165) is 34.9 Å². The van der Waals surface area contributed by atoms with Crippen LogP contribution < -0.4 is 5.32 Å². The van der Waals surface area contributed by atoms with E-state index in [1.54, 1.807) is 0 Å². The maximum absolute atomic E-state index is 11.9. The van der Waals surface area contributed by atoms with Gasteiger partial charge in [0.2, 0.25) is 0 Å². The van der Waals surface area contributed by atoms with E-state index in [4.69, 9.17) is 0 Å². The van der Waals surface area contributed by atoms with Crippen molar-refractivity contribution < 1.29 is 5.11 Å². The van der Waals surface area contributed by atoms with E-state index < -0.39 is 5.60 Å². The van der Waals surface area contributed by atoms with E-state index in [0.29, 0.717) is 0 Å². The van der Waals surface area contributed by atoms with Crippen LogP contribution in [-0.2, 0) is 5.60 Å². The van der Waals surface area contributed by atoms with Crippen LogP contribution in [0.1, 0.15) is 17.5 Å². The van der Waals surface area contributed by atoms with Crippen molar-refractivity contribution in [3.63, 3.8) is 0 Å². The van der Waals surface area contributed by atoms with Gasteiger partial charge in [0.1, 0.15) is 5.60 Å². The third-order valence-corrected chi connectivity index (χ3v) is 5.71. The first-order valence-electron chi connectivity index (χ1n) is 9.19. The number of aliphatic hydroxyl groups is 1. The van der Waals surface area contributed by atoms with Gasteiger partial charge < -0.3 is 10.4 Å². The zero-order valence-corrected chi connectivity index (χ0v) is 14.5. The first-order chi connectivity index (χ1) is 12.7. The van der Waals surface area contributed by atoms with Crippen LogP contribution in [0.25, 0.3) is 21.5 Å². The molecule has 1 fully saturated rings. The van der Waals surface area contributed by atoms with Crippen molar-refractivity contribution in [2.24, 2.45) is 0 Å². The van der Waals surface area contributed by atoms with Crippen LogP contribution in [0.5, 0.6) is 0 Å². The van der Waals surface area contributed by atoms with Gasteiger partial charge in [0.15, 0.2) is 0 Å². The molecule has 1 saturated heterocycles. The summed E-state index contributed by atoms with van der Waals surface area (Å²) in [5.41, 5.74) is 0.860. The summed E-state index contributed by atoms with van der Waals surface area (Å²) in [6.45, 7) is 0.953. The van der Waals surface area contributed by atoms with E-state index in [1.807, 2.05) is 24.3 Å². The van der Waals surface area contributed by atoms with E-state index in [-0.39, 0.29) is 6.04 Å². The summed E-state index contributed by atoms with van der Waals surface area (Å²) < 4.78 is 0. The Bertz CT molecular complexity index is 1020. The summed E-state index contributed by atoms with van der Waals surface area (Å²) in [6, 6.07) is 29.2. The Balaban J connectivity index is 1.71. The highest BCUT2D eigenvalue weighted by Crippen LogP contribution is 2.39. The summed E-state index contributed by atoms with van der Waals surface area (Å²) in [5.74, 6) is 0. The summed E-state index contributed by atoms with van der Waals surface area (Å²) in [6.07, 6.45) is 0.968. The fourth-order valence-electron chi connectivity index (χ4n) is 4.07. The lowest BCUT2D eigenvalue weighted by Gasteiger charge is -2.43. The lowest BCUT2D eigenvalue weighted by atomic mass is 9.75. The third-order valence-electron chi connectivity index (χ3n) is 5.71. The molecule has 2 nitrogen and oxygen atoms in total. The van der Waals surface area contributed by atoms with Crippen LogP contribution in [0.3, 0.4) is 0 Å². The molecule has 0 radical (unpaired) electrons. The molecule has 26 heavy (non-hydrogen) atoms. The van der Waals surface area contributed by atoms with Crippen LogP contribution in [0.15, 0.2) is 84.9 Å². The smallest absolute Gasteiger partial charge is 0.130 e. The van der Waals surface area contributed by atoms with Crippen molar-refractivity contribution in [3.05, 3.63) is 96.1 Å². The minimum Gasteiger partial charge on any atom is -0.379 e. The summed E-state index contributed by atoms with van der Waals surface area (Å²) in [4.78, 5) is 0. The Morgan fingerprint density at radius 1 is 0.692 bits per heavy atom. The van der Waals surface area contributed by atoms with Crippen molar-refractivity contribution in [1.29, 1.82) is 0 Å². The zero-order chi connectivity index (χ0) is 17.6. The first kappa shape index (κ1) is 15.6. The van der Waals surface area contributed by atoms with E-state index in [2.05, 4.69) is 66.0 Å². The molecule has 2 N–H and O–H groups in total. The number of rotatable bonds is 3. The summed E-state index contributed by atoms with van der Waals surface area (Å²) in [7, 11) is 0. The molecule has 1 heterocycles. The van der Waals surface area contributed by atoms with Gasteiger partial charge in [-0.2, -0.15) is 0 Å². The number of benzene rings is 4. The third kappa shape index (κ3) is 2.34. The van der Waals surface area contributed by atoms with Gasteiger partial charge in [0.25, 0.3) is 0 Å². The number of nitrogens with one attached hydrogen (secondary N) is 1. The van der Waals surface area contributed by atoms with Gasteiger partial charge >= 0.3 is 0 Å². The minimum absolute atomic E-state index is 0.0322. The predicted molar refractivity (Wildman–Crippen MR) is 107 cm³/mol. The highest BCUT2D eigenvalue weighted by molar-refractivity contribution is 5.85. The fraction of sp³-hybridized carbons (Fsp3) is 0.167. The zero-order valence-electron chi connectivity index (χ0n) is 14.5. The molecule has 5 rings (SSSR count). The molecular weight excluding hydrogens is 318 g/mol. The molecule has 4 aromatic carbocycles. The minimum atomic E-state index is -1.04. The molecule has 128 valence electrons. The molecular formula is C24H21NO. The van der Waals surface area contributed by atoms with E-state index in [1.165, 1.54) is 10.8 Å². The molecule has 0 bridgehead atoms. The van der Waals surface area contributed by atoms with E-state index in [9.17, 15) is 5.11 Å². The van der Waals surface area contributed by atoms with Crippen molar-refractivity contribution in [2.45, 2.75) is 18.1 Å². The van der Waals surface area contributed by atoms with Gasteiger partial charge in [0, 0.05) is 6.04 Å². The van der Waals surface area contributed by atoms with Crippen LogP contribution in [0.2, 0.25) is 0 Å². The molecule has 0 aliphatic carbocycles. The fourth-order valence-corrected chi connectivity index (χ4v) is 4.07. The molecule has 1 atom stereocenters. The van der Waals surface area contributed by atoms with Crippen molar-refractivity contribution >= 4 is 21.5 Å². The van der Waals surface area contributed by atoms with Gasteiger partial charge in [-0.3, -0.25) is 0 Å². The first-order valence-corrected chi connectivity index (χ1v) is 9.19. The Hall–Kier alpha value is -2.68. The largest absolute Gasteiger partial charge is 0.379 e. The average molecular weight is 339 g/mol. The van der Waals surface area contributed by atoms with Gasteiger partial charge in [-0.15, -0.1) is 0 Å². The van der Waals surface area contributed by atoms with Crippen LogP contribution in [0, 0.1) is 0 Å². The Kier molecular flexibility index (Phi) is 3.56. The van der Waals surface area contributed by atoms with E-state index >= 15 is 0 Å². The normalized spacial score (nSPS) is 17.3. The Labute approximate surface area is 153 Å². The lowest BCUT2D eigenvalue weighted by molar-refractivity contribution is 0.0117. The number of fused-ring (bicyclic) bond motifs is 2. The molecule has 0 spiro atoms. The standard InChI is InChI=1S/C24H21NO/c26-24(23-13-14-25-23,21-11-9-17-5-1-3-7-19(17)15-21)22-12-10-18-6-2-4-8-20(18)16-22/h1-12,15-16,23,25-26H,13-14H2. The van der Waals surface area contributed by atoms with Crippen LogP contribution >= 0.6 is 0 Å². The number of hydrogen-bond acceptors (Lipinski definition) is 2. The second kappa shape index (κ2) is 5.94. The SMILES string of the molecule is OC(c1ccc2ccccc2c1)(c1ccc2ccccc2c1)C1CCN1. The molecule has 4 aromatic rings. The molecule has 1 aliphatic rings. The van der Waals surface area contributed by atoms with Crippen molar-refractivity contribution in [3.8, 4) is 0 Å². The molecule has 2 heteroatoms. The number of hydrogen-bond donors (Lipinski definition) is 2.